The molecule has 1 N–H and O–H groups in total. The van der Waals surface area contributed by atoms with Gasteiger partial charge in [0.05, 0.1) is 11.1 Å². The summed E-state index contributed by atoms with van der Waals surface area (Å²) in [5.41, 5.74) is 0.502. The maximum Gasteiger partial charge on any atom is 0.262 e. The Kier molecular flexibility index (Phi) is 3.61. The Balaban J connectivity index is 1.73. The number of imide groups is 1. The van der Waals surface area contributed by atoms with Crippen LogP contribution in [-0.2, 0) is 4.79 Å². The van der Waals surface area contributed by atoms with Gasteiger partial charge in [0.15, 0.2) is 11.6 Å². The number of nitrogens with one attached hydrogen (secondary N) is 1. The van der Waals surface area contributed by atoms with E-state index < -0.39 is 35.9 Å². The molecule has 0 aliphatic carbocycles. The Morgan fingerprint density at radius 3 is 2.13 bits per heavy atom. The zero-order chi connectivity index (χ0) is 16.6. The fraction of sp³-hybridized carbons (Fsp3) is 0.0625. The first-order valence-corrected chi connectivity index (χ1v) is 6.67. The standard InChI is InChI=1S/C16H10F2N2O3/c17-12-6-5-9(7-13(12)18)19-14(21)8-20-15(22)10-3-1-2-4-11(10)16(20)23/h1-7H,8H2,(H,19,21). The smallest absolute Gasteiger partial charge is 0.262 e. The largest absolute Gasteiger partial charge is 0.324 e. The summed E-state index contributed by atoms with van der Waals surface area (Å²) in [7, 11) is 0. The number of halogens is 2. The van der Waals surface area contributed by atoms with E-state index in [0.29, 0.717) is 0 Å². The van der Waals surface area contributed by atoms with E-state index in [9.17, 15) is 23.2 Å². The van der Waals surface area contributed by atoms with Gasteiger partial charge in [0.25, 0.3) is 11.8 Å². The van der Waals surface area contributed by atoms with Gasteiger partial charge in [-0.3, -0.25) is 19.3 Å². The SMILES string of the molecule is O=C(CN1C(=O)c2ccccc2C1=O)Nc1ccc(F)c(F)c1. The van der Waals surface area contributed by atoms with Gasteiger partial charge < -0.3 is 5.32 Å². The molecule has 0 saturated carbocycles. The molecule has 0 unspecified atom stereocenters. The molecule has 7 heteroatoms. The molecule has 1 aliphatic heterocycles. The molecule has 1 aliphatic rings. The van der Waals surface area contributed by atoms with Gasteiger partial charge in [-0.2, -0.15) is 0 Å². The van der Waals surface area contributed by atoms with Gasteiger partial charge in [0, 0.05) is 11.8 Å². The molecule has 5 nitrogen and oxygen atoms in total. The predicted molar refractivity (Wildman–Crippen MR) is 76.8 cm³/mol. The second-order valence-corrected chi connectivity index (χ2v) is 4.92. The number of benzene rings is 2. The Bertz CT molecular complexity index is 801. The molecule has 0 fully saturated rings. The molecule has 2 aromatic rings. The number of carbonyl (C=O) groups excluding carboxylic acids is 3. The van der Waals surface area contributed by atoms with Gasteiger partial charge in [-0.25, -0.2) is 8.78 Å². The number of nitrogens with zero attached hydrogens (tertiary/aromatic N) is 1. The van der Waals surface area contributed by atoms with Crippen LogP contribution in [0.2, 0.25) is 0 Å². The first kappa shape index (κ1) is 14.8. The molecule has 3 rings (SSSR count). The van der Waals surface area contributed by atoms with E-state index in [-0.39, 0.29) is 16.8 Å². The molecular weight excluding hydrogens is 306 g/mol. The van der Waals surface area contributed by atoms with Crippen LogP contribution in [0, 0.1) is 11.6 Å². The molecule has 2 aromatic carbocycles. The van der Waals surface area contributed by atoms with Crippen LogP contribution in [0.3, 0.4) is 0 Å². The van der Waals surface area contributed by atoms with Gasteiger partial charge in [0.1, 0.15) is 6.54 Å². The maximum absolute atomic E-state index is 13.1. The summed E-state index contributed by atoms with van der Waals surface area (Å²) < 4.78 is 25.9. The van der Waals surface area contributed by atoms with Crippen LogP contribution in [0.5, 0.6) is 0 Å². The highest BCUT2D eigenvalue weighted by Gasteiger charge is 2.36. The maximum atomic E-state index is 13.1. The number of hydrogen-bond acceptors (Lipinski definition) is 3. The van der Waals surface area contributed by atoms with Crippen molar-refractivity contribution in [2.24, 2.45) is 0 Å². The number of carbonyl (C=O) groups is 3. The zero-order valence-corrected chi connectivity index (χ0v) is 11.7. The summed E-state index contributed by atoms with van der Waals surface area (Å²) in [6.07, 6.45) is 0. The van der Waals surface area contributed by atoms with Crippen molar-refractivity contribution >= 4 is 23.4 Å². The van der Waals surface area contributed by atoms with Crippen LogP contribution in [0.1, 0.15) is 20.7 Å². The molecule has 3 amide bonds. The number of rotatable bonds is 3. The summed E-state index contributed by atoms with van der Waals surface area (Å²) >= 11 is 0. The molecule has 0 radical (unpaired) electrons. The molecular formula is C16H10F2N2O3. The predicted octanol–water partition coefficient (Wildman–Crippen LogP) is 2.20. The van der Waals surface area contributed by atoms with Crippen molar-refractivity contribution in [3.05, 3.63) is 65.2 Å². The average Bonchev–Trinajstić information content (AvgIpc) is 2.76. The third kappa shape index (κ3) is 2.68. The lowest BCUT2D eigenvalue weighted by molar-refractivity contribution is -0.116. The van der Waals surface area contributed by atoms with Gasteiger partial charge in [-0.1, -0.05) is 12.1 Å². The number of fused-ring (bicyclic) bond motifs is 1. The molecule has 1 heterocycles. The second-order valence-electron chi connectivity index (χ2n) is 4.92. The minimum Gasteiger partial charge on any atom is -0.324 e. The van der Waals surface area contributed by atoms with Crippen molar-refractivity contribution in [1.82, 2.24) is 4.90 Å². The van der Waals surface area contributed by atoms with Crippen molar-refractivity contribution in [3.63, 3.8) is 0 Å². The molecule has 116 valence electrons. The van der Waals surface area contributed by atoms with Crippen LogP contribution >= 0.6 is 0 Å². The number of amides is 3. The molecule has 0 aromatic heterocycles. The van der Waals surface area contributed by atoms with Crippen molar-refractivity contribution in [1.29, 1.82) is 0 Å². The highest BCUT2D eigenvalue weighted by molar-refractivity contribution is 6.22. The number of anilines is 1. The van der Waals surface area contributed by atoms with Crippen LogP contribution in [0.15, 0.2) is 42.5 Å². The van der Waals surface area contributed by atoms with Gasteiger partial charge in [-0.15, -0.1) is 0 Å². The monoisotopic (exact) mass is 316 g/mol. The minimum atomic E-state index is -1.11. The molecule has 0 spiro atoms. The van der Waals surface area contributed by atoms with E-state index in [1.54, 1.807) is 12.1 Å². The van der Waals surface area contributed by atoms with E-state index in [0.717, 1.165) is 17.0 Å². The Labute approximate surface area is 129 Å². The quantitative estimate of drug-likeness (QED) is 0.883. The molecule has 0 bridgehead atoms. The summed E-state index contributed by atoms with van der Waals surface area (Å²) in [5.74, 6) is -3.96. The van der Waals surface area contributed by atoms with Gasteiger partial charge in [-0.05, 0) is 24.3 Å². The lowest BCUT2D eigenvalue weighted by atomic mass is 10.1. The van der Waals surface area contributed by atoms with Crippen LogP contribution in [-0.4, -0.2) is 29.2 Å². The first-order valence-electron chi connectivity index (χ1n) is 6.67. The zero-order valence-electron chi connectivity index (χ0n) is 11.7. The summed E-state index contributed by atoms with van der Waals surface area (Å²) in [6, 6.07) is 9.11. The lowest BCUT2D eigenvalue weighted by Gasteiger charge is -2.13. The average molecular weight is 316 g/mol. The fourth-order valence-corrected chi connectivity index (χ4v) is 2.30. The van der Waals surface area contributed by atoms with Crippen LogP contribution < -0.4 is 5.32 Å². The third-order valence-corrected chi connectivity index (χ3v) is 3.38. The van der Waals surface area contributed by atoms with Crippen molar-refractivity contribution in [3.8, 4) is 0 Å². The third-order valence-electron chi connectivity index (χ3n) is 3.38. The van der Waals surface area contributed by atoms with E-state index in [1.165, 1.54) is 18.2 Å². The van der Waals surface area contributed by atoms with Crippen molar-refractivity contribution < 1.29 is 23.2 Å². The highest BCUT2D eigenvalue weighted by atomic mass is 19.2. The topological polar surface area (TPSA) is 66.5 Å². The fourth-order valence-electron chi connectivity index (χ4n) is 2.30. The molecule has 0 saturated heterocycles. The Hall–Kier alpha value is -3.09. The number of hydrogen-bond donors (Lipinski definition) is 1. The van der Waals surface area contributed by atoms with Crippen LogP contribution in [0.25, 0.3) is 0 Å². The Morgan fingerprint density at radius 1 is 0.957 bits per heavy atom. The van der Waals surface area contributed by atoms with E-state index >= 15 is 0 Å². The normalized spacial score (nSPS) is 13.2. The van der Waals surface area contributed by atoms with E-state index in [1.807, 2.05) is 0 Å². The summed E-state index contributed by atoms with van der Waals surface area (Å²) in [4.78, 5) is 37.0. The summed E-state index contributed by atoms with van der Waals surface area (Å²) in [5, 5.41) is 2.31. The van der Waals surface area contributed by atoms with Gasteiger partial charge >= 0.3 is 0 Å². The minimum absolute atomic E-state index is 0.0329. The second kappa shape index (κ2) is 5.60. The summed E-state index contributed by atoms with van der Waals surface area (Å²) in [6.45, 7) is -0.509. The highest BCUT2D eigenvalue weighted by Crippen LogP contribution is 2.22. The van der Waals surface area contributed by atoms with E-state index in [4.69, 9.17) is 0 Å². The van der Waals surface area contributed by atoms with Crippen molar-refractivity contribution in [2.75, 3.05) is 11.9 Å². The van der Waals surface area contributed by atoms with E-state index in [2.05, 4.69) is 5.32 Å². The molecule has 23 heavy (non-hydrogen) atoms. The van der Waals surface area contributed by atoms with Crippen molar-refractivity contribution in [2.45, 2.75) is 0 Å². The Morgan fingerprint density at radius 2 is 1.57 bits per heavy atom. The molecule has 0 atom stereocenters. The van der Waals surface area contributed by atoms with Gasteiger partial charge in [0.2, 0.25) is 5.91 Å². The van der Waals surface area contributed by atoms with Crippen LogP contribution in [0.4, 0.5) is 14.5 Å². The lowest BCUT2D eigenvalue weighted by Crippen LogP contribution is -2.37. The first-order chi connectivity index (χ1) is 11.0.